The molecule has 92 valence electrons. The van der Waals surface area contributed by atoms with Crippen LogP contribution < -0.4 is 16.6 Å². The summed E-state index contributed by atoms with van der Waals surface area (Å²) in [6.45, 7) is -0.396. The average molecular weight is 237 g/mol. The molecule has 4 N–H and O–H groups in total. The van der Waals surface area contributed by atoms with E-state index in [0.29, 0.717) is 29.8 Å². The lowest BCUT2D eigenvalue weighted by Crippen LogP contribution is -2.25. The van der Waals surface area contributed by atoms with Crippen molar-refractivity contribution in [3.05, 3.63) is 41.7 Å². The fraction of sp³-hybridized carbons (Fsp3) is 0.250. The summed E-state index contributed by atoms with van der Waals surface area (Å²) in [5, 5.41) is 1.35. The summed E-state index contributed by atoms with van der Waals surface area (Å²) in [5.74, 6) is 5.75. The van der Waals surface area contributed by atoms with Crippen LogP contribution in [0.3, 0.4) is 0 Å². The number of aldehydes is 1. The van der Waals surface area contributed by atoms with Gasteiger partial charge in [-0.1, -0.05) is 0 Å². The Balaban J connectivity index is 2.67. The number of hydrazine groups is 1. The molecule has 0 atom stereocenters. The third-order valence-electron chi connectivity index (χ3n) is 2.23. The van der Waals surface area contributed by atoms with Gasteiger partial charge in [0.25, 0.3) is 0 Å². The van der Waals surface area contributed by atoms with Gasteiger partial charge < -0.3 is 5.73 Å². The molecule has 1 rings (SSSR count). The van der Waals surface area contributed by atoms with Crippen molar-refractivity contribution in [2.45, 2.75) is 12.8 Å². The summed E-state index contributed by atoms with van der Waals surface area (Å²) in [5.41, 5.74) is 7.48. The Labute approximate surface area is 99.7 Å². The number of carbonyl (C=O) groups is 1. The summed E-state index contributed by atoms with van der Waals surface area (Å²) in [6, 6.07) is 6.74. The Hall–Kier alpha value is -1.88. The minimum absolute atomic E-state index is 0.389. The largest absolute Gasteiger partial charge is 0.401 e. The van der Waals surface area contributed by atoms with Gasteiger partial charge in [-0.2, -0.15) is 0 Å². The first-order valence-electron chi connectivity index (χ1n) is 5.28. The van der Waals surface area contributed by atoms with Crippen LogP contribution >= 0.6 is 0 Å². The molecule has 0 radical (unpaired) electrons. The summed E-state index contributed by atoms with van der Waals surface area (Å²) in [7, 11) is 0. The molecule has 0 spiro atoms. The smallest absolute Gasteiger partial charge is 0.150 e. The van der Waals surface area contributed by atoms with Gasteiger partial charge in [0.15, 0.2) is 0 Å². The second kappa shape index (κ2) is 6.65. The molecule has 5 heteroatoms. The van der Waals surface area contributed by atoms with Crippen LogP contribution in [-0.4, -0.2) is 13.0 Å². The van der Waals surface area contributed by atoms with Gasteiger partial charge in [0.05, 0.1) is 12.4 Å². The first-order chi connectivity index (χ1) is 8.17. The number of rotatable bonds is 6. The molecule has 0 saturated carbocycles. The topological polar surface area (TPSA) is 72.3 Å². The number of halogens is 1. The first kappa shape index (κ1) is 13.2. The van der Waals surface area contributed by atoms with E-state index in [2.05, 4.69) is 0 Å². The van der Waals surface area contributed by atoms with Crippen molar-refractivity contribution in [2.75, 3.05) is 11.7 Å². The van der Waals surface area contributed by atoms with Crippen molar-refractivity contribution in [3.8, 4) is 0 Å². The Morgan fingerprint density at radius 2 is 2.00 bits per heavy atom. The van der Waals surface area contributed by atoms with Gasteiger partial charge in [-0.25, -0.2) is 5.84 Å². The zero-order valence-electron chi connectivity index (χ0n) is 9.47. The molecule has 0 unspecified atom stereocenters. The van der Waals surface area contributed by atoms with Crippen LogP contribution in [-0.2, 0) is 0 Å². The van der Waals surface area contributed by atoms with Gasteiger partial charge in [0, 0.05) is 17.5 Å². The van der Waals surface area contributed by atoms with Gasteiger partial charge in [0.1, 0.15) is 6.29 Å². The number of allylic oxidation sites excluding steroid dienone is 1. The highest BCUT2D eigenvalue weighted by Gasteiger charge is 2.00. The zero-order valence-corrected chi connectivity index (χ0v) is 9.47. The van der Waals surface area contributed by atoms with E-state index in [1.165, 1.54) is 5.01 Å². The third-order valence-corrected chi connectivity index (χ3v) is 2.23. The lowest BCUT2D eigenvalue weighted by atomic mass is 10.2. The normalized spacial score (nSPS) is 11.3. The van der Waals surface area contributed by atoms with E-state index in [1.807, 2.05) is 0 Å². The number of hydrogen-bond donors (Lipinski definition) is 2. The summed E-state index contributed by atoms with van der Waals surface area (Å²) in [4.78, 5) is 10.5. The maximum Gasteiger partial charge on any atom is 0.150 e. The van der Waals surface area contributed by atoms with Crippen molar-refractivity contribution in [2.24, 2.45) is 11.6 Å². The lowest BCUT2D eigenvalue weighted by molar-refractivity contribution is 0.112. The van der Waals surface area contributed by atoms with Crippen molar-refractivity contribution in [3.63, 3.8) is 0 Å². The van der Waals surface area contributed by atoms with E-state index >= 15 is 0 Å². The highest BCUT2D eigenvalue weighted by Crippen LogP contribution is 2.13. The second-order valence-corrected chi connectivity index (χ2v) is 3.61. The SMILES string of the molecule is N/C(=C\N(N)c1ccc(C=O)cc1)CCCF. The molecule has 1 aromatic carbocycles. The molecule has 0 aliphatic carbocycles. The molecule has 0 aliphatic heterocycles. The molecule has 0 bridgehead atoms. The highest BCUT2D eigenvalue weighted by molar-refractivity contribution is 5.75. The molecule has 0 amide bonds. The average Bonchev–Trinajstić information content (AvgIpc) is 2.36. The van der Waals surface area contributed by atoms with E-state index in [-0.39, 0.29) is 0 Å². The van der Waals surface area contributed by atoms with Gasteiger partial charge in [-0.3, -0.25) is 14.2 Å². The van der Waals surface area contributed by atoms with Crippen LogP contribution in [0.4, 0.5) is 10.1 Å². The van der Waals surface area contributed by atoms with E-state index in [1.54, 1.807) is 30.5 Å². The molecule has 0 fully saturated rings. The Morgan fingerprint density at radius 1 is 1.35 bits per heavy atom. The number of hydrogen-bond acceptors (Lipinski definition) is 4. The molecule has 1 aromatic rings. The molecular weight excluding hydrogens is 221 g/mol. The van der Waals surface area contributed by atoms with Gasteiger partial charge in [0.2, 0.25) is 0 Å². The van der Waals surface area contributed by atoms with Crippen molar-refractivity contribution >= 4 is 12.0 Å². The fourth-order valence-electron chi connectivity index (χ4n) is 1.31. The van der Waals surface area contributed by atoms with E-state index in [0.717, 1.165) is 6.29 Å². The molecule has 17 heavy (non-hydrogen) atoms. The minimum Gasteiger partial charge on any atom is -0.401 e. The van der Waals surface area contributed by atoms with Crippen molar-refractivity contribution < 1.29 is 9.18 Å². The van der Waals surface area contributed by atoms with Crippen LogP contribution in [0.25, 0.3) is 0 Å². The van der Waals surface area contributed by atoms with Crippen LogP contribution in [0.1, 0.15) is 23.2 Å². The first-order valence-corrected chi connectivity index (χ1v) is 5.28. The number of anilines is 1. The monoisotopic (exact) mass is 237 g/mol. The number of nitrogens with two attached hydrogens (primary N) is 2. The number of carbonyl (C=O) groups excluding carboxylic acids is 1. The second-order valence-electron chi connectivity index (χ2n) is 3.61. The van der Waals surface area contributed by atoms with Gasteiger partial charge >= 0.3 is 0 Å². The number of nitrogens with zero attached hydrogens (tertiary/aromatic N) is 1. The molecule has 0 saturated heterocycles. The molecular formula is C12H16FN3O. The van der Waals surface area contributed by atoms with Gasteiger partial charge in [-0.05, 0) is 37.1 Å². The standard InChI is InChI=1S/C12H16FN3O/c13-7-1-2-11(14)8-16(15)12-5-3-10(9-17)4-6-12/h3-6,8-9H,1-2,7,14-15H2/b11-8-. The Kier molecular flexibility index (Phi) is 5.16. The quantitative estimate of drug-likeness (QED) is 0.449. The van der Waals surface area contributed by atoms with E-state index in [4.69, 9.17) is 11.6 Å². The predicted octanol–water partition coefficient (Wildman–Crippen LogP) is 1.73. The Morgan fingerprint density at radius 3 is 2.53 bits per heavy atom. The van der Waals surface area contributed by atoms with Gasteiger partial charge in [-0.15, -0.1) is 0 Å². The van der Waals surface area contributed by atoms with Crippen LogP contribution in [0.2, 0.25) is 0 Å². The summed E-state index contributed by atoms with van der Waals surface area (Å²) >= 11 is 0. The van der Waals surface area contributed by atoms with Crippen molar-refractivity contribution in [1.29, 1.82) is 0 Å². The zero-order chi connectivity index (χ0) is 12.7. The molecule has 0 aromatic heterocycles. The fourth-order valence-corrected chi connectivity index (χ4v) is 1.31. The van der Waals surface area contributed by atoms with Crippen LogP contribution in [0.15, 0.2) is 36.2 Å². The summed E-state index contributed by atoms with van der Waals surface area (Å²) in [6.07, 6.45) is 3.17. The minimum atomic E-state index is -0.396. The maximum atomic E-state index is 11.9. The lowest BCUT2D eigenvalue weighted by Gasteiger charge is -2.15. The number of alkyl halides is 1. The van der Waals surface area contributed by atoms with E-state index < -0.39 is 6.67 Å². The molecule has 0 heterocycles. The van der Waals surface area contributed by atoms with Crippen molar-refractivity contribution in [1.82, 2.24) is 0 Å². The maximum absolute atomic E-state index is 11.9. The summed E-state index contributed by atoms with van der Waals surface area (Å²) < 4.78 is 11.9. The van der Waals surface area contributed by atoms with Crippen LogP contribution in [0.5, 0.6) is 0 Å². The predicted molar refractivity (Wildman–Crippen MR) is 66.0 cm³/mol. The van der Waals surface area contributed by atoms with E-state index in [9.17, 15) is 9.18 Å². The number of benzene rings is 1. The molecule has 4 nitrogen and oxygen atoms in total. The van der Waals surface area contributed by atoms with Crippen LogP contribution in [0, 0.1) is 0 Å². The highest BCUT2D eigenvalue weighted by atomic mass is 19.1. The molecule has 0 aliphatic rings. The third kappa shape index (κ3) is 4.24. The Bertz CT molecular complexity index is 389.